The summed E-state index contributed by atoms with van der Waals surface area (Å²) in [6.07, 6.45) is 1.85. The van der Waals surface area contributed by atoms with E-state index in [0.29, 0.717) is 23.0 Å². The van der Waals surface area contributed by atoms with Gasteiger partial charge in [-0.05, 0) is 87.8 Å². The molecule has 0 unspecified atom stereocenters. The molecular formula is C26H30N2O5S. The predicted molar refractivity (Wildman–Crippen MR) is 135 cm³/mol. The van der Waals surface area contributed by atoms with Crippen LogP contribution in [-0.2, 0) is 11.4 Å². The number of thioether (sulfide) groups is 1. The fraction of sp³-hybridized carbons (Fsp3) is 0.346. The van der Waals surface area contributed by atoms with Gasteiger partial charge in [0.05, 0.1) is 17.1 Å². The Bertz CT molecular complexity index is 1110. The summed E-state index contributed by atoms with van der Waals surface area (Å²) in [7, 11) is 0. The average molecular weight is 483 g/mol. The van der Waals surface area contributed by atoms with Crippen LogP contribution in [0.5, 0.6) is 11.5 Å². The van der Waals surface area contributed by atoms with Gasteiger partial charge in [0.2, 0.25) is 0 Å². The number of carboxylic acid groups (broad SMARTS) is 1. The maximum absolute atomic E-state index is 13.0. The molecule has 8 heteroatoms. The molecule has 0 saturated carbocycles. The highest BCUT2D eigenvalue weighted by Crippen LogP contribution is 2.36. The second-order valence-corrected chi connectivity index (χ2v) is 9.32. The number of benzene rings is 2. The number of amidine groups is 1. The van der Waals surface area contributed by atoms with Crippen molar-refractivity contribution in [2.24, 2.45) is 4.99 Å². The molecule has 0 spiro atoms. The largest absolute Gasteiger partial charge is 0.490 e. The maximum Gasteiger partial charge on any atom is 0.335 e. The molecule has 1 heterocycles. The zero-order valence-corrected chi connectivity index (χ0v) is 20.9. The molecule has 0 aromatic heterocycles. The molecule has 0 bridgehead atoms. The van der Waals surface area contributed by atoms with Crippen molar-refractivity contribution in [1.82, 2.24) is 4.90 Å². The fourth-order valence-corrected chi connectivity index (χ4v) is 4.54. The topological polar surface area (TPSA) is 88.4 Å². The van der Waals surface area contributed by atoms with Crippen LogP contribution < -0.4 is 9.47 Å². The van der Waals surface area contributed by atoms with Gasteiger partial charge in [-0.15, -0.1) is 0 Å². The molecule has 1 amide bonds. The molecule has 0 atom stereocenters. The zero-order chi connectivity index (χ0) is 24.8. The molecule has 3 rings (SSSR count). The Morgan fingerprint density at radius 2 is 1.79 bits per heavy atom. The lowest BCUT2D eigenvalue weighted by atomic mass is 10.1. The van der Waals surface area contributed by atoms with Crippen molar-refractivity contribution in [1.29, 1.82) is 0 Å². The summed E-state index contributed by atoms with van der Waals surface area (Å²) >= 11 is 1.39. The standard InChI is InChI=1S/C26H30N2O5S/c1-6-32-22-13-19(14-23-24(29)28(17(4)5)26(34-23)27-16(2)3)9-12-21(22)33-15-18-7-10-20(11-8-18)25(30)31/h7-14,16-17H,6,15H2,1-5H3,(H,30,31)/b23-14+,27-26?. The molecule has 1 N–H and O–H groups in total. The Morgan fingerprint density at radius 3 is 2.38 bits per heavy atom. The van der Waals surface area contributed by atoms with Gasteiger partial charge in [-0.2, -0.15) is 0 Å². The SMILES string of the molecule is CCOc1cc(/C=C2/SC(=NC(C)C)N(C(C)C)C2=O)ccc1OCc1ccc(C(=O)O)cc1. The molecule has 1 aliphatic heterocycles. The van der Waals surface area contributed by atoms with Crippen LogP contribution in [0.15, 0.2) is 52.4 Å². The molecule has 0 radical (unpaired) electrons. The zero-order valence-electron chi connectivity index (χ0n) is 20.1. The molecule has 1 saturated heterocycles. The third-order valence-corrected chi connectivity index (χ3v) is 5.88. The Hall–Kier alpha value is -3.26. The van der Waals surface area contributed by atoms with E-state index >= 15 is 0 Å². The lowest BCUT2D eigenvalue weighted by Gasteiger charge is -2.20. The number of ether oxygens (including phenoxy) is 2. The van der Waals surface area contributed by atoms with Crippen molar-refractivity contribution in [2.75, 3.05) is 6.61 Å². The molecule has 1 fully saturated rings. The predicted octanol–water partition coefficient (Wildman–Crippen LogP) is 5.45. The second kappa shape index (κ2) is 11.2. The van der Waals surface area contributed by atoms with Crippen LogP contribution in [0.3, 0.4) is 0 Å². The van der Waals surface area contributed by atoms with E-state index in [4.69, 9.17) is 14.6 Å². The van der Waals surface area contributed by atoms with Crippen LogP contribution in [0, 0.1) is 0 Å². The quantitative estimate of drug-likeness (QED) is 0.478. The molecule has 2 aromatic carbocycles. The second-order valence-electron chi connectivity index (χ2n) is 8.31. The number of aromatic carboxylic acids is 1. The molecule has 2 aromatic rings. The van der Waals surface area contributed by atoms with Crippen LogP contribution in [0.25, 0.3) is 6.08 Å². The van der Waals surface area contributed by atoms with Crippen molar-refractivity contribution in [3.63, 3.8) is 0 Å². The minimum absolute atomic E-state index is 0.0164. The van der Waals surface area contributed by atoms with Gasteiger partial charge in [-0.25, -0.2) is 4.79 Å². The lowest BCUT2D eigenvalue weighted by Crippen LogP contribution is -2.35. The van der Waals surface area contributed by atoms with Gasteiger partial charge in [0, 0.05) is 12.1 Å². The summed E-state index contributed by atoms with van der Waals surface area (Å²) in [4.78, 5) is 31.0. The summed E-state index contributed by atoms with van der Waals surface area (Å²) in [5.41, 5.74) is 1.90. The number of aliphatic imine (C=N–C) groups is 1. The minimum atomic E-state index is -0.964. The number of carbonyl (C=O) groups is 2. The van der Waals surface area contributed by atoms with E-state index in [1.165, 1.54) is 11.8 Å². The molecule has 34 heavy (non-hydrogen) atoms. The van der Waals surface area contributed by atoms with Crippen LogP contribution in [-0.4, -0.2) is 45.7 Å². The molecule has 7 nitrogen and oxygen atoms in total. The summed E-state index contributed by atoms with van der Waals surface area (Å²) in [5.74, 6) is 0.130. The smallest absolute Gasteiger partial charge is 0.335 e. The van der Waals surface area contributed by atoms with E-state index < -0.39 is 5.97 Å². The Labute approximate surface area is 204 Å². The monoisotopic (exact) mass is 482 g/mol. The van der Waals surface area contributed by atoms with Gasteiger partial charge < -0.3 is 14.6 Å². The normalized spacial score (nSPS) is 16.2. The summed E-state index contributed by atoms with van der Waals surface area (Å²) in [5, 5.41) is 9.76. The van der Waals surface area contributed by atoms with E-state index in [0.717, 1.165) is 16.3 Å². The third-order valence-electron chi connectivity index (χ3n) is 4.88. The van der Waals surface area contributed by atoms with Crippen LogP contribution >= 0.6 is 11.8 Å². The van der Waals surface area contributed by atoms with E-state index in [-0.39, 0.29) is 30.2 Å². The average Bonchev–Trinajstić information content (AvgIpc) is 3.07. The highest BCUT2D eigenvalue weighted by atomic mass is 32.2. The molecular weight excluding hydrogens is 452 g/mol. The van der Waals surface area contributed by atoms with Crippen LogP contribution in [0.4, 0.5) is 0 Å². The highest BCUT2D eigenvalue weighted by molar-refractivity contribution is 8.18. The minimum Gasteiger partial charge on any atom is -0.490 e. The Balaban J connectivity index is 1.81. The Morgan fingerprint density at radius 1 is 1.09 bits per heavy atom. The van der Waals surface area contributed by atoms with Gasteiger partial charge >= 0.3 is 5.97 Å². The van der Waals surface area contributed by atoms with E-state index in [1.54, 1.807) is 29.2 Å². The first kappa shape index (κ1) is 25.4. The van der Waals surface area contributed by atoms with E-state index in [9.17, 15) is 9.59 Å². The number of amides is 1. The summed E-state index contributed by atoms with van der Waals surface area (Å²) < 4.78 is 11.7. The Kier molecular flexibility index (Phi) is 8.39. The van der Waals surface area contributed by atoms with Crippen molar-refractivity contribution in [3.05, 3.63) is 64.1 Å². The van der Waals surface area contributed by atoms with Crippen LogP contribution in [0.1, 0.15) is 56.1 Å². The number of carbonyl (C=O) groups excluding carboxylic acids is 1. The maximum atomic E-state index is 13.0. The first-order valence-electron chi connectivity index (χ1n) is 11.2. The fourth-order valence-electron chi connectivity index (χ4n) is 3.31. The molecule has 180 valence electrons. The van der Waals surface area contributed by atoms with Gasteiger partial charge in [0.25, 0.3) is 5.91 Å². The van der Waals surface area contributed by atoms with Crippen LogP contribution in [0.2, 0.25) is 0 Å². The first-order chi connectivity index (χ1) is 16.2. The van der Waals surface area contributed by atoms with Crippen molar-refractivity contribution in [3.8, 4) is 11.5 Å². The third kappa shape index (κ3) is 6.20. The number of rotatable bonds is 9. The van der Waals surface area contributed by atoms with Crippen molar-refractivity contribution in [2.45, 2.75) is 53.3 Å². The summed E-state index contributed by atoms with van der Waals surface area (Å²) in [6.45, 7) is 10.6. The van der Waals surface area contributed by atoms with Gasteiger partial charge in [-0.1, -0.05) is 18.2 Å². The van der Waals surface area contributed by atoms with E-state index in [2.05, 4.69) is 4.99 Å². The van der Waals surface area contributed by atoms with E-state index in [1.807, 2.05) is 58.9 Å². The number of hydrogen-bond donors (Lipinski definition) is 1. The number of carboxylic acids is 1. The van der Waals surface area contributed by atoms with Crippen molar-refractivity contribution < 1.29 is 24.2 Å². The highest BCUT2D eigenvalue weighted by Gasteiger charge is 2.35. The lowest BCUT2D eigenvalue weighted by molar-refractivity contribution is -0.123. The van der Waals surface area contributed by atoms with Gasteiger partial charge in [0.1, 0.15) is 6.61 Å². The number of hydrogen-bond acceptors (Lipinski definition) is 6. The van der Waals surface area contributed by atoms with Gasteiger partial charge in [-0.3, -0.25) is 14.7 Å². The molecule has 0 aliphatic carbocycles. The van der Waals surface area contributed by atoms with Crippen molar-refractivity contribution >= 4 is 34.9 Å². The molecule has 1 aliphatic rings. The summed E-state index contributed by atoms with van der Waals surface area (Å²) in [6, 6.07) is 12.2. The number of nitrogens with zero attached hydrogens (tertiary/aromatic N) is 2. The first-order valence-corrected chi connectivity index (χ1v) is 12.0. The van der Waals surface area contributed by atoms with Gasteiger partial charge in [0.15, 0.2) is 16.7 Å².